The summed E-state index contributed by atoms with van der Waals surface area (Å²) in [5.74, 6) is 0. The van der Waals surface area contributed by atoms with Gasteiger partial charge in [0.25, 0.3) is 5.09 Å². The molecule has 4 unspecified atom stereocenters. The molecule has 2 bridgehead atoms. The first-order valence-electron chi connectivity index (χ1n) is 8.38. The van der Waals surface area contributed by atoms with E-state index in [1.54, 1.807) is 0 Å². The van der Waals surface area contributed by atoms with E-state index in [4.69, 9.17) is 10.6 Å². The van der Waals surface area contributed by atoms with Gasteiger partial charge in [0, 0.05) is 5.41 Å². The summed E-state index contributed by atoms with van der Waals surface area (Å²) in [5.41, 5.74) is 7.56. The number of fused-ring (bicyclic) bond motifs is 2. The lowest BCUT2D eigenvalue weighted by Gasteiger charge is -2.55. The third-order valence-corrected chi connectivity index (χ3v) is 6.05. The molecule has 4 atom stereocenters. The summed E-state index contributed by atoms with van der Waals surface area (Å²) in [5, 5.41) is 10.1. The zero-order valence-electron chi connectivity index (χ0n) is 14.4. The maximum atomic E-state index is 10.7. The van der Waals surface area contributed by atoms with Crippen LogP contribution in [0.4, 0.5) is 0 Å². The zero-order valence-corrected chi connectivity index (χ0v) is 14.4. The average molecular weight is 310 g/mol. The fourth-order valence-corrected chi connectivity index (χ4v) is 5.01. The van der Waals surface area contributed by atoms with Gasteiger partial charge in [-0.05, 0) is 56.4 Å². The van der Waals surface area contributed by atoms with E-state index >= 15 is 0 Å². The Bertz CT molecular complexity index is 479. The second-order valence-electron chi connectivity index (χ2n) is 8.19. The normalized spacial score (nSPS) is 39.0. The molecule has 2 aliphatic rings. The molecule has 5 nitrogen and oxygen atoms in total. The van der Waals surface area contributed by atoms with Crippen molar-refractivity contribution >= 4 is 0 Å². The Morgan fingerprint density at radius 2 is 2.09 bits per heavy atom. The number of rotatable bonds is 6. The van der Waals surface area contributed by atoms with Gasteiger partial charge < -0.3 is 10.6 Å². The minimum Gasteiger partial charge on any atom is -0.330 e. The third kappa shape index (κ3) is 3.29. The maximum Gasteiger partial charge on any atom is 0.294 e. The first-order chi connectivity index (χ1) is 10.2. The summed E-state index contributed by atoms with van der Waals surface area (Å²) in [6, 6.07) is 0. The van der Waals surface area contributed by atoms with Gasteiger partial charge in [0.05, 0.1) is 0 Å². The Morgan fingerprint density at radius 1 is 1.41 bits per heavy atom. The summed E-state index contributed by atoms with van der Waals surface area (Å²) in [6.07, 6.45) is 8.26. The van der Waals surface area contributed by atoms with E-state index in [0.717, 1.165) is 38.5 Å². The highest BCUT2D eigenvalue weighted by Gasteiger charge is 2.51. The molecule has 2 rings (SSSR count). The number of hydrogen-bond donors (Lipinski definition) is 1. The summed E-state index contributed by atoms with van der Waals surface area (Å²) < 4.78 is 0. The fraction of sp³-hybridized carbons (Fsp3) is 0.882. The van der Waals surface area contributed by atoms with Crippen LogP contribution in [0.15, 0.2) is 11.6 Å². The first kappa shape index (κ1) is 17.3. The Labute approximate surface area is 133 Å². The number of hydrogen-bond acceptors (Lipinski definition) is 4. The van der Waals surface area contributed by atoms with E-state index in [9.17, 15) is 10.1 Å². The van der Waals surface area contributed by atoms with E-state index < -0.39 is 11.2 Å². The van der Waals surface area contributed by atoms with Crippen molar-refractivity contribution in [3.8, 4) is 0 Å². The molecule has 126 valence electrons. The van der Waals surface area contributed by atoms with Crippen LogP contribution in [-0.4, -0.2) is 17.7 Å². The van der Waals surface area contributed by atoms with Crippen molar-refractivity contribution in [2.75, 3.05) is 6.54 Å². The second-order valence-corrected chi connectivity index (χ2v) is 8.19. The minimum absolute atomic E-state index is 0.171. The molecular weight excluding hydrogens is 280 g/mol. The van der Waals surface area contributed by atoms with Crippen LogP contribution in [0.25, 0.3) is 0 Å². The van der Waals surface area contributed by atoms with Crippen molar-refractivity contribution in [3.05, 3.63) is 21.8 Å². The molecule has 0 heterocycles. The topological polar surface area (TPSA) is 78.4 Å². The molecular formula is C17H30N2O3. The molecule has 0 aromatic rings. The lowest BCUT2D eigenvalue weighted by molar-refractivity contribution is -0.771. The summed E-state index contributed by atoms with van der Waals surface area (Å²) in [4.78, 5) is 15.6. The van der Waals surface area contributed by atoms with E-state index in [1.165, 1.54) is 5.57 Å². The van der Waals surface area contributed by atoms with Gasteiger partial charge in [-0.15, -0.1) is 10.1 Å². The van der Waals surface area contributed by atoms with Crippen LogP contribution in [-0.2, 0) is 4.84 Å². The van der Waals surface area contributed by atoms with E-state index in [2.05, 4.69) is 26.8 Å². The lowest BCUT2D eigenvalue weighted by Crippen LogP contribution is -2.47. The molecule has 1 saturated carbocycles. The van der Waals surface area contributed by atoms with Crippen molar-refractivity contribution < 1.29 is 9.92 Å². The minimum atomic E-state index is -0.662. The summed E-state index contributed by atoms with van der Waals surface area (Å²) >= 11 is 0. The van der Waals surface area contributed by atoms with Crippen molar-refractivity contribution in [1.82, 2.24) is 0 Å². The van der Waals surface area contributed by atoms with Gasteiger partial charge in [-0.1, -0.05) is 38.8 Å². The van der Waals surface area contributed by atoms with Gasteiger partial charge in [-0.3, -0.25) is 0 Å². The summed E-state index contributed by atoms with van der Waals surface area (Å²) in [6.45, 7) is 9.21. The van der Waals surface area contributed by atoms with Gasteiger partial charge in [-0.2, -0.15) is 0 Å². The van der Waals surface area contributed by atoms with E-state index in [0.29, 0.717) is 12.0 Å². The van der Waals surface area contributed by atoms with Crippen LogP contribution in [0, 0.1) is 26.4 Å². The molecule has 0 radical (unpaired) electrons. The van der Waals surface area contributed by atoms with Gasteiger partial charge >= 0.3 is 0 Å². The fourth-order valence-electron chi connectivity index (χ4n) is 5.01. The molecule has 1 fully saturated rings. The van der Waals surface area contributed by atoms with Crippen molar-refractivity contribution in [2.24, 2.45) is 22.0 Å². The Hall–Kier alpha value is -1.10. The van der Waals surface area contributed by atoms with E-state index in [-0.39, 0.29) is 10.8 Å². The van der Waals surface area contributed by atoms with Crippen molar-refractivity contribution in [2.45, 2.75) is 72.3 Å². The van der Waals surface area contributed by atoms with Gasteiger partial charge in [0.1, 0.15) is 6.10 Å². The van der Waals surface area contributed by atoms with Gasteiger partial charge in [-0.25, -0.2) is 0 Å². The molecule has 0 aliphatic heterocycles. The third-order valence-electron chi connectivity index (χ3n) is 6.05. The van der Waals surface area contributed by atoms with Crippen LogP contribution in [0.1, 0.15) is 66.2 Å². The molecule has 0 saturated heterocycles. The monoisotopic (exact) mass is 310 g/mol. The SMILES string of the molecule is CCC1(C)CC2=CC(C)(C(C)O[N+](=O)[O-])CC(CCN)(C2)C1. The molecule has 5 heteroatoms. The standard InChI is InChI=1S/C17H30N2O3/c1-5-15(3)8-14-9-16(4,13(2)22-19(20)21)12-17(10-14,11-15)6-7-18/h9,13H,5-8,10-12,18H2,1-4H3. The molecule has 2 aliphatic carbocycles. The van der Waals surface area contributed by atoms with Gasteiger partial charge in [0.2, 0.25) is 0 Å². The highest BCUT2D eigenvalue weighted by molar-refractivity contribution is 5.24. The van der Waals surface area contributed by atoms with Crippen molar-refractivity contribution in [1.29, 1.82) is 0 Å². The maximum absolute atomic E-state index is 10.7. The molecule has 0 amide bonds. The van der Waals surface area contributed by atoms with Crippen LogP contribution < -0.4 is 5.73 Å². The number of allylic oxidation sites excluding steroid dienone is 1. The van der Waals surface area contributed by atoms with Crippen LogP contribution in [0.5, 0.6) is 0 Å². The highest BCUT2D eigenvalue weighted by atomic mass is 17.0. The number of nitrogens with zero attached hydrogens (tertiary/aromatic N) is 1. The Kier molecular flexibility index (Phi) is 4.58. The second kappa shape index (κ2) is 5.84. The lowest BCUT2D eigenvalue weighted by atomic mass is 9.51. The van der Waals surface area contributed by atoms with Crippen LogP contribution in [0.3, 0.4) is 0 Å². The quantitative estimate of drug-likeness (QED) is 0.459. The highest BCUT2D eigenvalue weighted by Crippen LogP contribution is 2.60. The molecule has 0 spiro atoms. The van der Waals surface area contributed by atoms with E-state index in [1.807, 2.05) is 6.92 Å². The molecule has 22 heavy (non-hydrogen) atoms. The Morgan fingerprint density at radius 3 is 2.64 bits per heavy atom. The Balaban J connectivity index is 2.35. The van der Waals surface area contributed by atoms with Crippen molar-refractivity contribution in [3.63, 3.8) is 0 Å². The largest absolute Gasteiger partial charge is 0.330 e. The predicted octanol–water partition coefficient (Wildman–Crippen LogP) is 3.86. The van der Waals surface area contributed by atoms with Crippen LogP contribution in [0.2, 0.25) is 0 Å². The van der Waals surface area contributed by atoms with Crippen LogP contribution >= 0.6 is 0 Å². The smallest absolute Gasteiger partial charge is 0.294 e. The number of nitrogens with two attached hydrogens (primary N) is 1. The zero-order chi connectivity index (χ0) is 16.6. The molecule has 0 aromatic heterocycles. The molecule has 0 aromatic carbocycles. The summed E-state index contributed by atoms with van der Waals surface area (Å²) in [7, 11) is 0. The van der Waals surface area contributed by atoms with Gasteiger partial charge in [0.15, 0.2) is 0 Å². The molecule has 2 N–H and O–H groups in total. The predicted molar refractivity (Wildman–Crippen MR) is 86.7 cm³/mol. The average Bonchev–Trinajstić information content (AvgIpc) is 2.36. The first-order valence-corrected chi connectivity index (χ1v) is 8.38.